The van der Waals surface area contributed by atoms with E-state index >= 15 is 0 Å². The highest BCUT2D eigenvalue weighted by Crippen LogP contribution is 2.27. The molecule has 2 rings (SSSR count). The highest BCUT2D eigenvalue weighted by molar-refractivity contribution is 9.11. The summed E-state index contributed by atoms with van der Waals surface area (Å²) in [6, 6.07) is 3.53. The summed E-state index contributed by atoms with van der Waals surface area (Å²) >= 11 is 4.63. The molecule has 1 fully saturated rings. The van der Waals surface area contributed by atoms with E-state index in [9.17, 15) is 14.7 Å². The molecule has 18 heavy (non-hydrogen) atoms. The minimum Gasteiger partial charge on any atom is -0.479 e. The summed E-state index contributed by atoms with van der Waals surface area (Å²) in [7, 11) is 0. The van der Waals surface area contributed by atoms with Gasteiger partial charge in [0.1, 0.15) is 0 Å². The molecule has 0 bridgehead atoms. The van der Waals surface area contributed by atoms with Crippen molar-refractivity contribution < 1.29 is 19.8 Å². The Morgan fingerprint density at radius 1 is 1.33 bits per heavy atom. The fraction of sp³-hybridized carbons (Fsp3) is 0.455. The van der Waals surface area contributed by atoms with Crippen molar-refractivity contribution in [3.05, 3.63) is 20.8 Å². The Morgan fingerprint density at radius 2 is 1.94 bits per heavy atom. The second kappa shape index (κ2) is 4.99. The highest BCUT2D eigenvalue weighted by atomic mass is 79.9. The second-order valence-electron chi connectivity index (χ2n) is 4.23. The number of piperidine rings is 1. The van der Waals surface area contributed by atoms with Crippen LogP contribution < -0.4 is 0 Å². The molecule has 1 saturated heterocycles. The van der Waals surface area contributed by atoms with Gasteiger partial charge in [0.2, 0.25) is 0 Å². The molecule has 0 atom stereocenters. The number of carbonyl (C=O) groups is 2. The molecule has 0 aromatic carbocycles. The van der Waals surface area contributed by atoms with Crippen LogP contribution in [0.1, 0.15) is 22.5 Å². The first kappa shape index (κ1) is 13.5. The van der Waals surface area contributed by atoms with Crippen LogP contribution >= 0.6 is 27.3 Å². The molecule has 1 aromatic rings. The molecule has 1 aromatic heterocycles. The maximum atomic E-state index is 12.1. The SMILES string of the molecule is O=C(c1ccc(Br)s1)N1CCC(O)(C(=O)O)CC1. The van der Waals surface area contributed by atoms with Crippen molar-refractivity contribution in [2.75, 3.05) is 13.1 Å². The Hall–Kier alpha value is -0.920. The average Bonchev–Trinajstić information content (AvgIpc) is 2.76. The summed E-state index contributed by atoms with van der Waals surface area (Å²) in [5, 5.41) is 18.7. The molecule has 2 N–H and O–H groups in total. The molecule has 0 aliphatic carbocycles. The summed E-state index contributed by atoms with van der Waals surface area (Å²) in [5.74, 6) is -1.33. The Labute approximate surface area is 116 Å². The van der Waals surface area contributed by atoms with Crippen LogP contribution in [0.5, 0.6) is 0 Å². The van der Waals surface area contributed by atoms with Crippen LogP contribution in [0.4, 0.5) is 0 Å². The standard InChI is InChI=1S/C11H12BrNO4S/c12-8-2-1-7(18-8)9(14)13-5-3-11(17,4-6-13)10(15)16/h1-2,17H,3-6H2,(H,15,16). The van der Waals surface area contributed by atoms with E-state index in [0.717, 1.165) is 3.79 Å². The van der Waals surface area contributed by atoms with E-state index in [1.165, 1.54) is 11.3 Å². The average molecular weight is 334 g/mol. The lowest BCUT2D eigenvalue weighted by Gasteiger charge is -2.35. The Bertz CT molecular complexity index is 479. The maximum Gasteiger partial charge on any atom is 0.335 e. The maximum absolute atomic E-state index is 12.1. The molecule has 0 unspecified atom stereocenters. The number of halogens is 1. The molecule has 1 amide bonds. The van der Waals surface area contributed by atoms with Crippen molar-refractivity contribution in [1.82, 2.24) is 4.90 Å². The summed E-state index contributed by atoms with van der Waals surface area (Å²) in [6.07, 6.45) is 0.140. The number of rotatable bonds is 2. The van der Waals surface area contributed by atoms with E-state index in [1.807, 2.05) is 0 Å². The van der Waals surface area contributed by atoms with Gasteiger partial charge in [-0.25, -0.2) is 4.79 Å². The summed E-state index contributed by atoms with van der Waals surface area (Å²) < 4.78 is 0.880. The number of aliphatic carboxylic acids is 1. The van der Waals surface area contributed by atoms with E-state index in [-0.39, 0.29) is 31.8 Å². The van der Waals surface area contributed by atoms with Crippen molar-refractivity contribution in [1.29, 1.82) is 0 Å². The fourth-order valence-corrected chi connectivity index (χ4v) is 3.23. The zero-order chi connectivity index (χ0) is 13.3. The highest BCUT2D eigenvalue weighted by Gasteiger charge is 2.40. The Morgan fingerprint density at radius 3 is 2.39 bits per heavy atom. The second-order valence-corrected chi connectivity index (χ2v) is 6.70. The van der Waals surface area contributed by atoms with Crippen LogP contribution in [-0.4, -0.2) is 45.7 Å². The lowest BCUT2D eigenvalue weighted by molar-refractivity contribution is -0.162. The van der Waals surface area contributed by atoms with Gasteiger partial charge < -0.3 is 15.1 Å². The zero-order valence-corrected chi connectivity index (χ0v) is 11.8. The van der Waals surface area contributed by atoms with Gasteiger partial charge >= 0.3 is 5.97 Å². The van der Waals surface area contributed by atoms with Crippen molar-refractivity contribution in [3.8, 4) is 0 Å². The molecule has 2 heterocycles. The largest absolute Gasteiger partial charge is 0.479 e. The van der Waals surface area contributed by atoms with Gasteiger partial charge in [-0.15, -0.1) is 11.3 Å². The summed E-state index contributed by atoms with van der Waals surface area (Å²) in [5.41, 5.74) is -1.69. The normalized spacial score (nSPS) is 18.7. The van der Waals surface area contributed by atoms with E-state index in [4.69, 9.17) is 5.11 Å². The molecular weight excluding hydrogens is 322 g/mol. The third kappa shape index (κ3) is 2.57. The smallest absolute Gasteiger partial charge is 0.335 e. The number of carboxylic acids is 1. The van der Waals surface area contributed by atoms with E-state index in [1.54, 1.807) is 17.0 Å². The number of amides is 1. The fourth-order valence-electron chi connectivity index (χ4n) is 1.88. The third-order valence-corrected chi connectivity index (χ3v) is 4.67. The van der Waals surface area contributed by atoms with Gasteiger partial charge in [-0.2, -0.15) is 0 Å². The zero-order valence-electron chi connectivity index (χ0n) is 9.43. The number of hydrogen-bond donors (Lipinski definition) is 2. The number of carbonyl (C=O) groups excluding carboxylic acids is 1. The van der Waals surface area contributed by atoms with Crippen LogP contribution in [0.2, 0.25) is 0 Å². The lowest BCUT2D eigenvalue weighted by atomic mass is 9.91. The lowest BCUT2D eigenvalue weighted by Crippen LogP contribution is -2.50. The molecule has 1 aliphatic rings. The van der Waals surface area contributed by atoms with Crippen LogP contribution in [-0.2, 0) is 4.79 Å². The first-order valence-corrected chi connectivity index (χ1v) is 7.04. The Balaban J connectivity index is 2.02. The minimum atomic E-state index is -1.69. The molecule has 0 saturated carbocycles. The number of hydrogen-bond acceptors (Lipinski definition) is 4. The number of nitrogens with zero attached hydrogens (tertiary/aromatic N) is 1. The van der Waals surface area contributed by atoms with Crippen molar-refractivity contribution in [2.24, 2.45) is 0 Å². The van der Waals surface area contributed by atoms with Gasteiger partial charge in [0, 0.05) is 25.9 Å². The van der Waals surface area contributed by atoms with Gasteiger partial charge in [0.25, 0.3) is 5.91 Å². The predicted molar refractivity (Wildman–Crippen MR) is 69.7 cm³/mol. The molecule has 7 heteroatoms. The topological polar surface area (TPSA) is 77.8 Å². The van der Waals surface area contributed by atoms with Crippen molar-refractivity contribution >= 4 is 39.1 Å². The summed E-state index contributed by atoms with van der Waals surface area (Å²) in [4.78, 5) is 25.1. The molecule has 5 nitrogen and oxygen atoms in total. The van der Waals surface area contributed by atoms with Crippen LogP contribution in [0, 0.1) is 0 Å². The first-order chi connectivity index (χ1) is 8.42. The molecule has 98 valence electrons. The van der Waals surface area contributed by atoms with Crippen LogP contribution in [0.15, 0.2) is 15.9 Å². The van der Waals surface area contributed by atoms with E-state index in [2.05, 4.69) is 15.9 Å². The monoisotopic (exact) mass is 333 g/mol. The van der Waals surface area contributed by atoms with E-state index < -0.39 is 11.6 Å². The quantitative estimate of drug-likeness (QED) is 0.861. The van der Waals surface area contributed by atoms with Crippen molar-refractivity contribution in [3.63, 3.8) is 0 Å². The van der Waals surface area contributed by atoms with Gasteiger partial charge in [-0.3, -0.25) is 4.79 Å². The van der Waals surface area contributed by atoms with Gasteiger partial charge in [0.15, 0.2) is 5.60 Å². The molecule has 0 spiro atoms. The summed E-state index contributed by atoms with van der Waals surface area (Å²) in [6.45, 7) is 0.522. The van der Waals surface area contributed by atoms with E-state index in [0.29, 0.717) is 4.88 Å². The number of likely N-dealkylation sites (tertiary alicyclic amines) is 1. The van der Waals surface area contributed by atoms with Gasteiger partial charge in [0.05, 0.1) is 8.66 Å². The third-order valence-electron chi connectivity index (χ3n) is 3.06. The first-order valence-electron chi connectivity index (χ1n) is 5.43. The molecule has 0 radical (unpaired) electrons. The van der Waals surface area contributed by atoms with Crippen molar-refractivity contribution in [2.45, 2.75) is 18.4 Å². The number of aliphatic hydroxyl groups is 1. The number of carboxylic acid groups (broad SMARTS) is 1. The van der Waals surface area contributed by atoms with Gasteiger partial charge in [-0.1, -0.05) is 0 Å². The van der Waals surface area contributed by atoms with Gasteiger partial charge in [-0.05, 0) is 28.1 Å². The van der Waals surface area contributed by atoms with Crippen LogP contribution in [0.3, 0.4) is 0 Å². The minimum absolute atomic E-state index is 0.0701. The molecular formula is C11H12BrNO4S. The number of thiophene rings is 1. The molecule has 1 aliphatic heterocycles. The Kier molecular flexibility index (Phi) is 3.74. The predicted octanol–water partition coefficient (Wildman–Crippen LogP) is 1.56. The van der Waals surface area contributed by atoms with Crippen LogP contribution in [0.25, 0.3) is 0 Å².